The van der Waals surface area contributed by atoms with Gasteiger partial charge in [-0.2, -0.15) is 0 Å². The van der Waals surface area contributed by atoms with Crippen LogP contribution in [0.1, 0.15) is 96.8 Å². The SMILES string of the molecule is CCCCCCCCCCCCC(=O)C(=O)N[C@@H](CCCCN)C(=O)O. The van der Waals surface area contributed by atoms with E-state index < -0.39 is 23.7 Å². The summed E-state index contributed by atoms with van der Waals surface area (Å²) in [6, 6.07) is -1.01. The largest absolute Gasteiger partial charge is 0.480 e. The van der Waals surface area contributed by atoms with Gasteiger partial charge in [-0.15, -0.1) is 0 Å². The Kier molecular flexibility index (Phi) is 16.1. The first kappa shape index (κ1) is 24.6. The molecule has 0 saturated carbocycles. The van der Waals surface area contributed by atoms with Crippen molar-refractivity contribution >= 4 is 17.7 Å². The van der Waals surface area contributed by atoms with Crippen molar-refractivity contribution in [3.63, 3.8) is 0 Å². The first-order chi connectivity index (χ1) is 12.5. The van der Waals surface area contributed by atoms with Crippen molar-refractivity contribution in [3.05, 3.63) is 0 Å². The second-order valence-corrected chi connectivity index (χ2v) is 7.00. The Balaban J connectivity index is 3.77. The molecule has 0 aliphatic rings. The van der Waals surface area contributed by atoms with Crippen molar-refractivity contribution < 1.29 is 19.5 Å². The first-order valence-corrected chi connectivity index (χ1v) is 10.3. The lowest BCUT2D eigenvalue weighted by Gasteiger charge is -2.13. The third kappa shape index (κ3) is 13.8. The van der Waals surface area contributed by atoms with Gasteiger partial charge >= 0.3 is 5.97 Å². The number of amides is 1. The van der Waals surface area contributed by atoms with Gasteiger partial charge in [0, 0.05) is 6.42 Å². The van der Waals surface area contributed by atoms with Gasteiger partial charge in [-0.3, -0.25) is 9.59 Å². The number of ketones is 1. The van der Waals surface area contributed by atoms with Crippen LogP contribution in [0.4, 0.5) is 0 Å². The van der Waals surface area contributed by atoms with Crippen molar-refractivity contribution in [2.24, 2.45) is 5.73 Å². The average molecular weight is 371 g/mol. The van der Waals surface area contributed by atoms with Crippen LogP contribution >= 0.6 is 0 Å². The van der Waals surface area contributed by atoms with E-state index in [0.29, 0.717) is 32.2 Å². The number of carboxylic acids is 1. The summed E-state index contributed by atoms with van der Waals surface area (Å²) < 4.78 is 0. The molecule has 0 fully saturated rings. The zero-order valence-electron chi connectivity index (χ0n) is 16.4. The van der Waals surface area contributed by atoms with Crippen LogP contribution < -0.4 is 11.1 Å². The third-order valence-electron chi connectivity index (χ3n) is 4.56. The molecule has 152 valence electrons. The summed E-state index contributed by atoms with van der Waals surface area (Å²) in [5, 5.41) is 11.4. The summed E-state index contributed by atoms with van der Waals surface area (Å²) >= 11 is 0. The summed E-state index contributed by atoms with van der Waals surface area (Å²) in [6.45, 7) is 2.70. The molecule has 1 amide bonds. The maximum absolute atomic E-state index is 11.8. The fourth-order valence-electron chi connectivity index (χ4n) is 2.88. The highest BCUT2D eigenvalue weighted by Gasteiger charge is 2.22. The van der Waals surface area contributed by atoms with Crippen LogP contribution in [0.5, 0.6) is 0 Å². The molecule has 4 N–H and O–H groups in total. The first-order valence-electron chi connectivity index (χ1n) is 10.3. The van der Waals surface area contributed by atoms with Crippen LogP contribution in [-0.2, 0) is 14.4 Å². The van der Waals surface area contributed by atoms with E-state index in [1.54, 1.807) is 0 Å². The number of carbonyl (C=O) groups is 3. The van der Waals surface area contributed by atoms with Gasteiger partial charge in [0.15, 0.2) is 0 Å². The molecular formula is C20H38N2O4. The molecule has 0 spiro atoms. The minimum absolute atomic E-state index is 0.192. The van der Waals surface area contributed by atoms with Crippen LogP contribution in [0.3, 0.4) is 0 Å². The molecule has 6 nitrogen and oxygen atoms in total. The van der Waals surface area contributed by atoms with Gasteiger partial charge in [-0.25, -0.2) is 4.79 Å². The lowest BCUT2D eigenvalue weighted by atomic mass is 10.0. The Bertz CT molecular complexity index is 399. The number of hydrogen-bond donors (Lipinski definition) is 3. The van der Waals surface area contributed by atoms with Crippen LogP contribution in [0.25, 0.3) is 0 Å². The van der Waals surface area contributed by atoms with E-state index in [1.165, 1.54) is 44.9 Å². The van der Waals surface area contributed by atoms with Crippen LogP contribution in [0.15, 0.2) is 0 Å². The number of Topliss-reactive ketones (excluding diaryl/α,β-unsaturated/α-hetero) is 1. The fourth-order valence-corrected chi connectivity index (χ4v) is 2.88. The van der Waals surface area contributed by atoms with Crippen molar-refractivity contribution in [1.82, 2.24) is 5.32 Å². The lowest BCUT2D eigenvalue weighted by molar-refractivity contribution is -0.144. The van der Waals surface area contributed by atoms with Gasteiger partial charge in [0.1, 0.15) is 6.04 Å². The third-order valence-corrected chi connectivity index (χ3v) is 4.56. The van der Waals surface area contributed by atoms with E-state index >= 15 is 0 Å². The quantitative estimate of drug-likeness (QED) is 0.252. The predicted octanol–water partition coefficient (Wildman–Crippen LogP) is 3.56. The van der Waals surface area contributed by atoms with E-state index in [-0.39, 0.29) is 6.42 Å². The predicted molar refractivity (Wildman–Crippen MR) is 104 cm³/mol. The molecule has 0 aromatic rings. The minimum atomic E-state index is -1.11. The highest BCUT2D eigenvalue weighted by Crippen LogP contribution is 2.11. The number of unbranched alkanes of at least 4 members (excludes halogenated alkanes) is 10. The van der Waals surface area contributed by atoms with Gasteiger partial charge in [-0.05, 0) is 32.2 Å². The van der Waals surface area contributed by atoms with E-state index in [9.17, 15) is 14.4 Å². The normalized spacial score (nSPS) is 11.9. The molecule has 0 rings (SSSR count). The monoisotopic (exact) mass is 370 g/mol. The standard InChI is InChI=1S/C20H38N2O4/c1-2-3-4-5-6-7-8-9-10-11-15-18(23)19(24)22-17(20(25)26)14-12-13-16-21/h17H,2-16,21H2,1H3,(H,22,24)(H,25,26)/t17-/m0/s1. The van der Waals surface area contributed by atoms with Crippen molar-refractivity contribution in [2.75, 3.05) is 6.54 Å². The zero-order valence-corrected chi connectivity index (χ0v) is 16.4. The Morgan fingerprint density at radius 3 is 1.88 bits per heavy atom. The number of hydrogen-bond acceptors (Lipinski definition) is 4. The maximum Gasteiger partial charge on any atom is 0.326 e. The van der Waals surface area contributed by atoms with Crippen LogP contribution in [0, 0.1) is 0 Å². The number of nitrogens with two attached hydrogens (primary N) is 1. The molecule has 0 aromatic heterocycles. The van der Waals surface area contributed by atoms with Crippen molar-refractivity contribution in [1.29, 1.82) is 0 Å². The molecule has 0 aliphatic carbocycles. The Hall–Kier alpha value is -1.43. The summed E-state index contributed by atoms with van der Waals surface area (Å²) in [5.41, 5.74) is 5.38. The molecule has 0 bridgehead atoms. The molecule has 0 aliphatic heterocycles. The van der Waals surface area contributed by atoms with Gasteiger partial charge in [0.05, 0.1) is 0 Å². The summed E-state index contributed by atoms with van der Waals surface area (Å²) in [5.74, 6) is -2.40. The highest BCUT2D eigenvalue weighted by molar-refractivity contribution is 6.36. The summed E-state index contributed by atoms with van der Waals surface area (Å²) in [7, 11) is 0. The highest BCUT2D eigenvalue weighted by atomic mass is 16.4. The molecule has 6 heteroatoms. The molecule has 0 heterocycles. The van der Waals surface area contributed by atoms with Gasteiger partial charge in [-0.1, -0.05) is 64.7 Å². The molecule has 0 unspecified atom stereocenters. The number of nitrogens with one attached hydrogen (secondary N) is 1. The second-order valence-electron chi connectivity index (χ2n) is 7.00. The van der Waals surface area contributed by atoms with Crippen molar-refractivity contribution in [3.8, 4) is 0 Å². The smallest absolute Gasteiger partial charge is 0.326 e. The second kappa shape index (κ2) is 17.0. The number of carbonyl (C=O) groups excluding carboxylic acids is 2. The Morgan fingerprint density at radius 2 is 1.38 bits per heavy atom. The fraction of sp³-hybridized carbons (Fsp3) is 0.850. The number of rotatable bonds is 18. The van der Waals surface area contributed by atoms with Crippen LogP contribution in [-0.4, -0.2) is 35.4 Å². The number of aliphatic carboxylic acids is 1. The van der Waals surface area contributed by atoms with Crippen molar-refractivity contribution in [2.45, 2.75) is 103 Å². The van der Waals surface area contributed by atoms with E-state index in [4.69, 9.17) is 10.8 Å². The minimum Gasteiger partial charge on any atom is -0.480 e. The summed E-state index contributed by atoms with van der Waals surface area (Å²) in [6.07, 6.45) is 13.4. The molecule has 0 aromatic carbocycles. The number of carboxylic acid groups (broad SMARTS) is 1. The van der Waals surface area contributed by atoms with Gasteiger partial charge < -0.3 is 16.2 Å². The Labute approximate surface area is 158 Å². The lowest BCUT2D eigenvalue weighted by Crippen LogP contribution is -2.44. The molecule has 0 saturated heterocycles. The van der Waals surface area contributed by atoms with Crippen LogP contribution in [0.2, 0.25) is 0 Å². The molecular weight excluding hydrogens is 332 g/mol. The summed E-state index contributed by atoms with van der Waals surface area (Å²) in [4.78, 5) is 34.8. The molecule has 1 atom stereocenters. The zero-order chi connectivity index (χ0) is 19.6. The van der Waals surface area contributed by atoms with Gasteiger partial charge in [0.2, 0.25) is 5.78 Å². The van der Waals surface area contributed by atoms with Gasteiger partial charge in [0.25, 0.3) is 5.91 Å². The average Bonchev–Trinajstić information content (AvgIpc) is 2.62. The van der Waals surface area contributed by atoms with E-state index in [2.05, 4.69) is 12.2 Å². The maximum atomic E-state index is 11.8. The van der Waals surface area contributed by atoms with E-state index in [0.717, 1.165) is 12.8 Å². The van der Waals surface area contributed by atoms with E-state index in [1.807, 2.05) is 0 Å². The topological polar surface area (TPSA) is 109 Å². The molecule has 26 heavy (non-hydrogen) atoms. The Morgan fingerprint density at radius 1 is 0.846 bits per heavy atom. The molecule has 0 radical (unpaired) electrons.